The van der Waals surface area contributed by atoms with Crippen molar-refractivity contribution in [3.05, 3.63) is 35.9 Å². The van der Waals surface area contributed by atoms with Gasteiger partial charge in [0.05, 0.1) is 6.04 Å². The average molecular weight is 267 g/mol. The standard InChI is InChI=1S/C16H23F2N/c1-2-16(17,18)15(13-9-5-3-6-10-13)19-14-11-7-4-8-12-14/h3,5-6,9-10,14-15,19H,2,4,7-8,11-12H2,1H3. The van der Waals surface area contributed by atoms with Crippen LogP contribution >= 0.6 is 0 Å². The molecular formula is C16H23F2N. The Morgan fingerprint density at radius 1 is 1.16 bits per heavy atom. The maximum absolute atomic E-state index is 14.2. The number of benzene rings is 1. The molecule has 2 rings (SSSR count). The lowest BCUT2D eigenvalue weighted by Crippen LogP contribution is -2.43. The molecule has 0 saturated heterocycles. The maximum atomic E-state index is 14.2. The van der Waals surface area contributed by atoms with Gasteiger partial charge in [0.2, 0.25) is 0 Å². The van der Waals surface area contributed by atoms with E-state index in [1.807, 2.05) is 18.2 Å². The van der Waals surface area contributed by atoms with Gasteiger partial charge in [0, 0.05) is 12.5 Å². The predicted octanol–water partition coefficient (Wildman–Crippen LogP) is 4.70. The van der Waals surface area contributed by atoms with E-state index in [0.717, 1.165) is 25.7 Å². The van der Waals surface area contributed by atoms with E-state index in [1.54, 1.807) is 19.1 Å². The smallest absolute Gasteiger partial charge is 0.266 e. The van der Waals surface area contributed by atoms with Gasteiger partial charge in [0.1, 0.15) is 0 Å². The third-order valence-corrected chi connectivity index (χ3v) is 4.03. The summed E-state index contributed by atoms with van der Waals surface area (Å²) in [6.07, 6.45) is 5.44. The van der Waals surface area contributed by atoms with Crippen molar-refractivity contribution in [3.63, 3.8) is 0 Å². The van der Waals surface area contributed by atoms with Crippen LogP contribution in [-0.2, 0) is 0 Å². The Labute approximate surface area is 114 Å². The van der Waals surface area contributed by atoms with Crippen LogP contribution < -0.4 is 5.32 Å². The number of alkyl halides is 2. The molecule has 0 spiro atoms. The summed E-state index contributed by atoms with van der Waals surface area (Å²) in [6, 6.07) is 8.49. The molecule has 1 N–H and O–H groups in total. The van der Waals surface area contributed by atoms with Crippen LogP contribution in [0.4, 0.5) is 8.78 Å². The van der Waals surface area contributed by atoms with Crippen molar-refractivity contribution in [1.29, 1.82) is 0 Å². The summed E-state index contributed by atoms with van der Waals surface area (Å²) in [5.41, 5.74) is 0.694. The van der Waals surface area contributed by atoms with Gasteiger partial charge >= 0.3 is 0 Å². The van der Waals surface area contributed by atoms with E-state index < -0.39 is 12.0 Å². The molecule has 0 aliphatic heterocycles. The molecule has 1 aliphatic carbocycles. The first-order chi connectivity index (χ1) is 9.13. The zero-order valence-electron chi connectivity index (χ0n) is 11.5. The van der Waals surface area contributed by atoms with Gasteiger partial charge in [-0.2, -0.15) is 0 Å². The number of halogens is 2. The van der Waals surface area contributed by atoms with Gasteiger partial charge in [-0.25, -0.2) is 8.78 Å². The van der Waals surface area contributed by atoms with Crippen LogP contribution in [0.2, 0.25) is 0 Å². The summed E-state index contributed by atoms with van der Waals surface area (Å²) in [5, 5.41) is 3.21. The highest BCUT2D eigenvalue weighted by Crippen LogP contribution is 2.35. The minimum Gasteiger partial charge on any atom is -0.302 e. The highest BCUT2D eigenvalue weighted by molar-refractivity contribution is 5.21. The van der Waals surface area contributed by atoms with E-state index in [2.05, 4.69) is 5.32 Å². The van der Waals surface area contributed by atoms with Crippen LogP contribution in [0.1, 0.15) is 57.1 Å². The zero-order chi connectivity index (χ0) is 13.7. The second-order valence-electron chi connectivity index (χ2n) is 5.46. The Morgan fingerprint density at radius 3 is 2.37 bits per heavy atom. The van der Waals surface area contributed by atoms with E-state index in [0.29, 0.717) is 5.56 Å². The van der Waals surface area contributed by atoms with Crippen LogP contribution in [0.25, 0.3) is 0 Å². The summed E-state index contributed by atoms with van der Waals surface area (Å²) < 4.78 is 28.4. The van der Waals surface area contributed by atoms with Crippen LogP contribution in [0.5, 0.6) is 0 Å². The lowest BCUT2D eigenvalue weighted by molar-refractivity contribution is -0.0465. The third-order valence-electron chi connectivity index (χ3n) is 4.03. The van der Waals surface area contributed by atoms with E-state index >= 15 is 0 Å². The fourth-order valence-electron chi connectivity index (χ4n) is 2.82. The minimum atomic E-state index is -2.70. The van der Waals surface area contributed by atoms with Gasteiger partial charge in [0.25, 0.3) is 5.92 Å². The van der Waals surface area contributed by atoms with E-state index in [9.17, 15) is 8.78 Å². The van der Waals surface area contributed by atoms with Crippen molar-refractivity contribution in [3.8, 4) is 0 Å². The molecule has 1 aromatic rings. The lowest BCUT2D eigenvalue weighted by atomic mass is 9.92. The fourth-order valence-corrected chi connectivity index (χ4v) is 2.82. The van der Waals surface area contributed by atoms with Crippen molar-refractivity contribution in [2.24, 2.45) is 0 Å². The number of rotatable bonds is 5. The zero-order valence-corrected chi connectivity index (χ0v) is 11.5. The highest BCUT2D eigenvalue weighted by atomic mass is 19.3. The molecule has 1 fully saturated rings. The van der Waals surface area contributed by atoms with E-state index in [-0.39, 0.29) is 12.5 Å². The van der Waals surface area contributed by atoms with Gasteiger partial charge in [-0.15, -0.1) is 0 Å². The van der Waals surface area contributed by atoms with Crippen molar-refractivity contribution >= 4 is 0 Å². The van der Waals surface area contributed by atoms with Gasteiger partial charge in [-0.3, -0.25) is 0 Å². The van der Waals surface area contributed by atoms with Gasteiger partial charge in [0.15, 0.2) is 0 Å². The normalized spacial score (nSPS) is 19.3. The van der Waals surface area contributed by atoms with Crippen LogP contribution in [0.3, 0.4) is 0 Å². The minimum absolute atomic E-state index is 0.133. The van der Waals surface area contributed by atoms with Crippen molar-refractivity contribution in [2.75, 3.05) is 0 Å². The van der Waals surface area contributed by atoms with Gasteiger partial charge in [-0.05, 0) is 18.4 Å². The molecule has 1 unspecified atom stereocenters. The first-order valence-corrected chi connectivity index (χ1v) is 7.32. The summed E-state index contributed by atoms with van der Waals surface area (Å²) in [5.74, 6) is -2.70. The topological polar surface area (TPSA) is 12.0 Å². The molecule has 19 heavy (non-hydrogen) atoms. The molecule has 1 saturated carbocycles. The molecule has 1 aromatic carbocycles. The second kappa shape index (κ2) is 6.47. The fraction of sp³-hybridized carbons (Fsp3) is 0.625. The lowest BCUT2D eigenvalue weighted by Gasteiger charge is -2.33. The molecule has 1 nitrogen and oxygen atoms in total. The monoisotopic (exact) mass is 267 g/mol. The van der Waals surface area contributed by atoms with Crippen molar-refractivity contribution in [1.82, 2.24) is 5.32 Å². The number of nitrogens with one attached hydrogen (secondary N) is 1. The molecule has 0 heterocycles. The van der Waals surface area contributed by atoms with Crippen molar-refractivity contribution < 1.29 is 8.78 Å². The quantitative estimate of drug-likeness (QED) is 0.815. The van der Waals surface area contributed by atoms with Gasteiger partial charge in [-0.1, -0.05) is 56.5 Å². The van der Waals surface area contributed by atoms with Gasteiger partial charge < -0.3 is 5.32 Å². The molecule has 1 atom stereocenters. The SMILES string of the molecule is CCC(F)(F)C(NC1CCCCC1)c1ccccc1. The Kier molecular flexibility index (Phi) is 4.92. The Morgan fingerprint density at radius 2 is 1.79 bits per heavy atom. The maximum Gasteiger partial charge on any atom is 0.266 e. The molecule has 0 aromatic heterocycles. The molecule has 3 heteroatoms. The summed E-state index contributed by atoms with van der Waals surface area (Å²) >= 11 is 0. The molecule has 0 bridgehead atoms. The molecule has 0 amide bonds. The summed E-state index contributed by atoms with van der Waals surface area (Å²) in [7, 11) is 0. The van der Waals surface area contributed by atoms with Crippen LogP contribution in [0.15, 0.2) is 30.3 Å². The highest BCUT2D eigenvalue weighted by Gasteiger charge is 2.39. The first-order valence-electron chi connectivity index (χ1n) is 7.32. The Hall–Kier alpha value is -0.960. The van der Waals surface area contributed by atoms with Crippen molar-refractivity contribution in [2.45, 2.75) is 63.5 Å². The predicted molar refractivity (Wildman–Crippen MR) is 74.4 cm³/mol. The van der Waals surface area contributed by atoms with Crippen LogP contribution in [0, 0.1) is 0 Å². The van der Waals surface area contributed by atoms with E-state index in [4.69, 9.17) is 0 Å². The third kappa shape index (κ3) is 3.75. The second-order valence-corrected chi connectivity index (χ2v) is 5.46. The first kappa shape index (κ1) is 14.4. The molecule has 0 radical (unpaired) electrons. The van der Waals surface area contributed by atoms with Crippen LogP contribution in [-0.4, -0.2) is 12.0 Å². The molecule has 106 valence electrons. The number of hydrogen-bond donors (Lipinski definition) is 1. The Bertz CT molecular complexity index is 372. The largest absolute Gasteiger partial charge is 0.302 e. The molecular weight excluding hydrogens is 244 g/mol. The summed E-state index contributed by atoms with van der Waals surface area (Å²) in [6.45, 7) is 1.55. The molecule has 1 aliphatic rings. The number of hydrogen-bond acceptors (Lipinski definition) is 1. The van der Waals surface area contributed by atoms with E-state index in [1.165, 1.54) is 6.42 Å². The summed E-state index contributed by atoms with van der Waals surface area (Å²) in [4.78, 5) is 0. The average Bonchev–Trinajstić information content (AvgIpc) is 2.46. The Balaban J connectivity index is 2.14.